The Kier molecular flexibility index (Phi) is 6.50. The number of aryl methyl sites for hydroxylation is 1. The number of carbonyl (C=O) groups excluding carboxylic acids is 1. The molecule has 0 spiro atoms. The van der Waals surface area contributed by atoms with Gasteiger partial charge in [0.2, 0.25) is 0 Å². The van der Waals surface area contributed by atoms with Crippen LogP contribution in [0.4, 0.5) is 4.39 Å². The molecule has 23 heavy (non-hydrogen) atoms. The Labute approximate surface area is 136 Å². The fraction of sp³-hybridized carbons (Fsp3) is 0.588. The Morgan fingerprint density at radius 2 is 2.04 bits per heavy atom. The maximum absolute atomic E-state index is 13.8. The van der Waals surface area contributed by atoms with Gasteiger partial charge in [0.05, 0.1) is 18.3 Å². The number of hydrogen-bond acceptors (Lipinski definition) is 4. The Bertz CT molecular complexity index is 531. The summed E-state index contributed by atoms with van der Waals surface area (Å²) in [6.07, 6.45) is -0.522. The minimum Gasteiger partial charge on any atom is -0.389 e. The lowest BCUT2D eigenvalue weighted by molar-refractivity contribution is 0.0111. The minimum atomic E-state index is -0.522. The van der Waals surface area contributed by atoms with E-state index in [-0.39, 0.29) is 11.5 Å². The van der Waals surface area contributed by atoms with Gasteiger partial charge in [0.25, 0.3) is 5.91 Å². The molecule has 1 fully saturated rings. The van der Waals surface area contributed by atoms with Crippen molar-refractivity contribution in [2.75, 3.05) is 45.9 Å². The third-order valence-electron chi connectivity index (χ3n) is 4.00. The lowest BCUT2D eigenvalue weighted by Gasteiger charge is -2.35. The maximum Gasteiger partial charge on any atom is 0.256 e. The van der Waals surface area contributed by atoms with E-state index in [4.69, 9.17) is 4.74 Å². The van der Waals surface area contributed by atoms with Crippen molar-refractivity contribution >= 4 is 5.91 Å². The SMILES string of the molecule is CCOC[C@@H](O)CN1CCN(C(=O)c2cc(C)ccc2F)CC1. The number of aliphatic hydroxyl groups excluding tert-OH is 1. The van der Waals surface area contributed by atoms with E-state index < -0.39 is 11.9 Å². The summed E-state index contributed by atoms with van der Waals surface area (Å²) in [4.78, 5) is 16.2. The number of hydrogen-bond donors (Lipinski definition) is 1. The van der Waals surface area contributed by atoms with E-state index in [2.05, 4.69) is 4.90 Å². The zero-order valence-electron chi connectivity index (χ0n) is 13.8. The summed E-state index contributed by atoms with van der Waals surface area (Å²) >= 11 is 0. The van der Waals surface area contributed by atoms with Gasteiger partial charge in [0.1, 0.15) is 5.82 Å². The van der Waals surface area contributed by atoms with Crippen LogP contribution in [-0.2, 0) is 4.74 Å². The first-order valence-electron chi connectivity index (χ1n) is 8.05. The molecule has 1 aromatic carbocycles. The average molecular weight is 324 g/mol. The maximum atomic E-state index is 13.8. The zero-order valence-corrected chi connectivity index (χ0v) is 13.8. The quantitative estimate of drug-likeness (QED) is 0.857. The van der Waals surface area contributed by atoms with Gasteiger partial charge in [0, 0.05) is 39.3 Å². The number of piperazine rings is 1. The number of halogens is 1. The van der Waals surface area contributed by atoms with Crippen LogP contribution in [0, 0.1) is 12.7 Å². The van der Waals surface area contributed by atoms with Crippen molar-refractivity contribution in [2.45, 2.75) is 20.0 Å². The van der Waals surface area contributed by atoms with E-state index in [1.165, 1.54) is 6.07 Å². The van der Waals surface area contributed by atoms with E-state index in [0.29, 0.717) is 45.9 Å². The molecule has 0 aliphatic carbocycles. The van der Waals surface area contributed by atoms with E-state index in [1.807, 2.05) is 13.8 Å². The van der Waals surface area contributed by atoms with Crippen LogP contribution in [0.5, 0.6) is 0 Å². The van der Waals surface area contributed by atoms with Crippen LogP contribution in [0.2, 0.25) is 0 Å². The molecule has 1 amide bonds. The summed E-state index contributed by atoms with van der Waals surface area (Å²) in [5, 5.41) is 9.86. The third kappa shape index (κ3) is 4.99. The van der Waals surface area contributed by atoms with Crippen LogP contribution in [0.1, 0.15) is 22.8 Å². The van der Waals surface area contributed by atoms with Crippen molar-refractivity contribution in [3.63, 3.8) is 0 Å². The van der Waals surface area contributed by atoms with Crippen LogP contribution in [0.25, 0.3) is 0 Å². The predicted molar refractivity (Wildman–Crippen MR) is 86.0 cm³/mol. The van der Waals surface area contributed by atoms with Crippen LogP contribution < -0.4 is 0 Å². The van der Waals surface area contributed by atoms with E-state index in [1.54, 1.807) is 17.0 Å². The number of carbonyl (C=O) groups is 1. The fourth-order valence-electron chi connectivity index (χ4n) is 2.71. The average Bonchev–Trinajstić information content (AvgIpc) is 2.55. The Morgan fingerprint density at radius 3 is 2.70 bits per heavy atom. The Balaban J connectivity index is 1.86. The zero-order chi connectivity index (χ0) is 16.8. The first kappa shape index (κ1) is 17.8. The first-order valence-corrected chi connectivity index (χ1v) is 8.05. The Morgan fingerprint density at radius 1 is 1.35 bits per heavy atom. The van der Waals surface area contributed by atoms with E-state index >= 15 is 0 Å². The second-order valence-electron chi connectivity index (χ2n) is 5.89. The first-order chi connectivity index (χ1) is 11.0. The molecule has 1 saturated heterocycles. The van der Waals surface area contributed by atoms with Crippen molar-refractivity contribution in [2.24, 2.45) is 0 Å². The number of amides is 1. The van der Waals surface area contributed by atoms with Crippen molar-refractivity contribution in [3.8, 4) is 0 Å². The molecule has 0 aromatic heterocycles. The second kappa shape index (κ2) is 8.38. The normalized spacial score (nSPS) is 17.3. The van der Waals surface area contributed by atoms with Gasteiger partial charge in [0.15, 0.2) is 0 Å². The smallest absolute Gasteiger partial charge is 0.256 e. The number of ether oxygens (including phenoxy) is 1. The molecule has 1 heterocycles. The summed E-state index contributed by atoms with van der Waals surface area (Å²) in [5.74, 6) is -0.740. The lowest BCUT2D eigenvalue weighted by atomic mass is 10.1. The van der Waals surface area contributed by atoms with Gasteiger partial charge in [-0.15, -0.1) is 0 Å². The minimum absolute atomic E-state index is 0.134. The number of benzene rings is 1. The van der Waals surface area contributed by atoms with Gasteiger partial charge in [-0.05, 0) is 26.0 Å². The molecule has 1 N–H and O–H groups in total. The molecule has 0 bridgehead atoms. The molecule has 1 aliphatic rings. The van der Waals surface area contributed by atoms with Crippen LogP contribution in [0.3, 0.4) is 0 Å². The van der Waals surface area contributed by atoms with Crippen LogP contribution >= 0.6 is 0 Å². The highest BCUT2D eigenvalue weighted by molar-refractivity contribution is 5.94. The largest absolute Gasteiger partial charge is 0.389 e. The molecule has 0 radical (unpaired) electrons. The van der Waals surface area contributed by atoms with Gasteiger partial charge < -0.3 is 14.7 Å². The third-order valence-corrected chi connectivity index (χ3v) is 4.00. The van der Waals surface area contributed by atoms with Gasteiger partial charge in [-0.1, -0.05) is 11.6 Å². The number of aliphatic hydroxyl groups is 1. The van der Waals surface area contributed by atoms with Gasteiger partial charge >= 0.3 is 0 Å². The summed E-state index contributed by atoms with van der Waals surface area (Å²) in [6, 6.07) is 4.59. The molecule has 1 aromatic rings. The van der Waals surface area contributed by atoms with Gasteiger partial charge in [-0.2, -0.15) is 0 Å². The summed E-state index contributed by atoms with van der Waals surface area (Å²) in [6.45, 7) is 7.58. The predicted octanol–water partition coefficient (Wildman–Crippen LogP) is 1.29. The van der Waals surface area contributed by atoms with Crippen molar-refractivity contribution < 1.29 is 19.0 Å². The molecule has 0 saturated carbocycles. The summed E-state index contributed by atoms with van der Waals surface area (Å²) < 4.78 is 19.0. The highest BCUT2D eigenvalue weighted by Gasteiger charge is 2.25. The molecule has 1 aliphatic heterocycles. The highest BCUT2D eigenvalue weighted by Crippen LogP contribution is 2.14. The molecule has 2 rings (SSSR count). The monoisotopic (exact) mass is 324 g/mol. The standard InChI is InChI=1S/C17H25FN2O3/c1-3-23-12-14(21)11-19-6-8-20(9-7-19)17(22)15-10-13(2)4-5-16(15)18/h4-5,10,14,21H,3,6-9,11-12H2,1-2H3/t14-/m0/s1. The number of rotatable bonds is 6. The lowest BCUT2D eigenvalue weighted by Crippen LogP contribution is -2.51. The number of β-amino-alcohol motifs (C(OH)–C–C–N with tert-alkyl or cyclic N) is 1. The van der Waals surface area contributed by atoms with Gasteiger partial charge in [-0.3, -0.25) is 9.69 Å². The molecular formula is C17H25FN2O3. The highest BCUT2D eigenvalue weighted by atomic mass is 19.1. The number of nitrogens with zero attached hydrogens (tertiary/aromatic N) is 2. The van der Waals surface area contributed by atoms with E-state index in [0.717, 1.165) is 5.56 Å². The molecular weight excluding hydrogens is 299 g/mol. The van der Waals surface area contributed by atoms with E-state index in [9.17, 15) is 14.3 Å². The van der Waals surface area contributed by atoms with Crippen molar-refractivity contribution in [3.05, 3.63) is 35.1 Å². The van der Waals surface area contributed by atoms with Crippen LogP contribution in [-0.4, -0.2) is 72.9 Å². The van der Waals surface area contributed by atoms with Crippen LogP contribution in [0.15, 0.2) is 18.2 Å². The Hall–Kier alpha value is -1.50. The van der Waals surface area contributed by atoms with Gasteiger partial charge in [-0.25, -0.2) is 4.39 Å². The summed E-state index contributed by atoms with van der Waals surface area (Å²) in [7, 11) is 0. The van der Waals surface area contributed by atoms with Crippen molar-refractivity contribution in [1.82, 2.24) is 9.80 Å². The van der Waals surface area contributed by atoms with Crippen molar-refractivity contribution in [1.29, 1.82) is 0 Å². The summed E-state index contributed by atoms with van der Waals surface area (Å²) in [5.41, 5.74) is 1.00. The molecule has 128 valence electrons. The molecule has 0 unspecified atom stereocenters. The molecule has 5 nitrogen and oxygen atoms in total. The second-order valence-corrected chi connectivity index (χ2v) is 5.89. The molecule has 1 atom stereocenters. The molecule has 6 heteroatoms. The topological polar surface area (TPSA) is 53.0 Å². The fourth-order valence-corrected chi connectivity index (χ4v) is 2.71.